The highest BCUT2D eigenvalue weighted by molar-refractivity contribution is 7.90. The highest BCUT2D eigenvalue weighted by Crippen LogP contribution is 2.34. The molecule has 1 rings (SSSR count). The van der Waals surface area contributed by atoms with Gasteiger partial charge < -0.3 is 10.2 Å². The predicted molar refractivity (Wildman–Crippen MR) is 57.2 cm³/mol. The number of carbonyl (C=O) groups is 1. The third-order valence-corrected chi connectivity index (χ3v) is 3.50. The second kappa shape index (κ2) is 4.52. The number of hydrogen-bond donors (Lipinski definition) is 2. The Morgan fingerprint density at radius 3 is 2.28 bits per heavy atom. The Kier molecular flexibility index (Phi) is 3.61. The monoisotopic (exact) mass is 280 g/mol. The van der Waals surface area contributed by atoms with Crippen molar-refractivity contribution in [3.8, 4) is 5.75 Å². The molecule has 0 radical (unpaired) electrons. The molecular formula is C10H10F2O5S. The van der Waals surface area contributed by atoms with E-state index in [1.54, 1.807) is 0 Å². The summed E-state index contributed by atoms with van der Waals surface area (Å²) in [7, 11) is -4.21. The van der Waals surface area contributed by atoms with E-state index in [0.29, 0.717) is 12.3 Å². The van der Waals surface area contributed by atoms with Crippen molar-refractivity contribution in [2.75, 3.05) is 6.26 Å². The zero-order valence-corrected chi connectivity index (χ0v) is 10.3. The first-order valence-electron chi connectivity index (χ1n) is 4.71. The van der Waals surface area contributed by atoms with Crippen molar-refractivity contribution in [2.24, 2.45) is 0 Å². The van der Waals surface area contributed by atoms with Crippen LogP contribution in [0.2, 0.25) is 0 Å². The van der Waals surface area contributed by atoms with Crippen molar-refractivity contribution in [2.45, 2.75) is 17.7 Å². The fourth-order valence-corrected chi connectivity index (χ4v) is 2.25. The minimum absolute atomic E-state index is 0.508. The van der Waals surface area contributed by atoms with E-state index >= 15 is 0 Å². The summed E-state index contributed by atoms with van der Waals surface area (Å²) < 4.78 is 49.3. The summed E-state index contributed by atoms with van der Waals surface area (Å²) in [5, 5.41) is 18.1. The molecule has 0 amide bonds. The van der Waals surface area contributed by atoms with Gasteiger partial charge in [-0.05, 0) is 13.0 Å². The predicted octanol–water partition coefficient (Wildman–Crippen LogP) is 1.26. The minimum Gasteiger partial charge on any atom is -0.505 e. The van der Waals surface area contributed by atoms with Gasteiger partial charge in [0, 0.05) is 11.8 Å². The van der Waals surface area contributed by atoms with E-state index < -0.39 is 49.6 Å². The number of benzene rings is 1. The molecule has 8 heteroatoms. The molecule has 1 atom stereocenters. The number of aromatic hydroxyl groups is 1. The molecule has 1 unspecified atom stereocenters. The van der Waals surface area contributed by atoms with Crippen molar-refractivity contribution >= 4 is 15.8 Å². The van der Waals surface area contributed by atoms with E-state index in [9.17, 15) is 27.1 Å². The molecule has 1 aromatic rings. The Bertz CT molecular complexity index is 609. The first-order chi connectivity index (χ1) is 8.07. The van der Waals surface area contributed by atoms with Gasteiger partial charge in [-0.25, -0.2) is 17.2 Å². The summed E-state index contributed by atoms with van der Waals surface area (Å²) in [6.07, 6.45) is 0.578. The van der Waals surface area contributed by atoms with Crippen molar-refractivity contribution in [1.29, 1.82) is 0 Å². The first kappa shape index (κ1) is 14.4. The Hall–Kier alpha value is -1.70. The summed E-state index contributed by atoms with van der Waals surface area (Å²) in [6.45, 7) is 1.11. The lowest BCUT2D eigenvalue weighted by Gasteiger charge is -2.12. The Balaban J connectivity index is 3.62. The second-order valence-electron chi connectivity index (χ2n) is 3.77. The maximum atomic E-state index is 13.6. The summed E-state index contributed by atoms with van der Waals surface area (Å²) in [6, 6.07) is 0.508. The Morgan fingerprint density at radius 1 is 1.39 bits per heavy atom. The van der Waals surface area contributed by atoms with Gasteiger partial charge in [-0.3, -0.25) is 4.79 Å². The molecule has 0 aliphatic heterocycles. The van der Waals surface area contributed by atoms with Crippen LogP contribution in [0.4, 0.5) is 8.78 Å². The fourth-order valence-electron chi connectivity index (χ4n) is 1.41. The summed E-state index contributed by atoms with van der Waals surface area (Å²) in [5.41, 5.74) is -0.523. The molecule has 0 saturated carbocycles. The molecule has 5 nitrogen and oxygen atoms in total. The average Bonchev–Trinajstić information content (AvgIpc) is 2.20. The van der Waals surface area contributed by atoms with E-state index in [0.717, 1.165) is 6.92 Å². The SMILES string of the molecule is CC(C(=O)O)c1cc(F)c(S(C)(=O)=O)c(F)c1O. The van der Waals surface area contributed by atoms with E-state index in [1.807, 2.05) is 0 Å². The van der Waals surface area contributed by atoms with Crippen LogP contribution in [0.15, 0.2) is 11.0 Å². The molecule has 0 heterocycles. The molecule has 0 spiro atoms. The maximum Gasteiger partial charge on any atom is 0.310 e. The van der Waals surface area contributed by atoms with Crippen LogP contribution in [-0.2, 0) is 14.6 Å². The number of rotatable bonds is 3. The van der Waals surface area contributed by atoms with Gasteiger partial charge in [0.1, 0.15) is 10.7 Å². The van der Waals surface area contributed by atoms with E-state index in [4.69, 9.17) is 5.11 Å². The molecule has 2 N–H and O–H groups in total. The van der Waals surface area contributed by atoms with Crippen molar-refractivity contribution in [3.63, 3.8) is 0 Å². The summed E-state index contributed by atoms with van der Waals surface area (Å²) >= 11 is 0. The van der Waals surface area contributed by atoms with Crippen LogP contribution in [0.25, 0.3) is 0 Å². The number of halogens is 2. The van der Waals surface area contributed by atoms with Crippen LogP contribution in [-0.4, -0.2) is 30.9 Å². The largest absolute Gasteiger partial charge is 0.505 e. The summed E-state index contributed by atoms with van der Waals surface area (Å²) in [5.74, 6) is -7.07. The smallest absolute Gasteiger partial charge is 0.310 e. The second-order valence-corrected chi connectivity index (χ2v) is 5.72. The van der Waals surface area contributed by atoms with Crippen LogP contribution < -0.4 is 0 Å². The van der Waals surface area contributed by atoms with Crippen molar-refractivity contribution in [3.05, 3.63) is 23.3 Å². The van der Waals surface area contributed by atoms with E-state index in [-0.39, 0.29) is 0 Å². The molecular weight excluding hydrogens is 270 g/mol. The van der Waals surface area contributed by atoms with Gasteiger partial charge in [0.25, 0.3) is 0 Å². The molecule has 100 valence electrons. The first-order valence-corrected chi connectivity index (χ1v) is 6.60. The van der Waals surface area contributed by atoms with Crippen molar-refractivity contribution in [1.82, 2.24) is 0 Å². The Morgan fingerprint density at radius 2 is 1.89 bits per heavy atom. The highest BCUT2D eigenvalue weighted by atomic mass is 32.2. The van der Waals surface area contributed by atoms with E-state index in [1.165, 1.54) is 0 Å². The zero-order valence-electron chi connectivity index (χ0n) is 9.44. The van der Waals surface area contributed by atoms with Gasteiger partial charge in [0.05, 0.1) is 5.92 Å². The van der Waals surface area contributed by atoms with Crippen LogP contribution in [0.1, 0.15) is 18.4 Å². The minimum atomic E-state index is -4.21. The number of carboxylic acids is 1. The lowest BCUT2D eigenvalue weighted by Crippen LogP contribution is -2.12. The Labute approximate surface area is 102 Å². The molecule has 0 bridgehead atoms. The van der Waals surface area contributed by atoms with Gasteiger partial charge in [0.15, 0.2) is 21.4 Å². The van der Waals surface area contributed by atoms with Crippen LogP contribution in [0.3, 0.4) is 0 Å². The topological polar surface area (TPSA) is 91.7 Å². The molecule has 0 aliphatic rings. The molecule has 18 heavy (non-hydrogen) atoms. The molecule has 1 aromatic carbocycles. The third-order valence-electron chi connectivity index (χ3n) is 2.39. The van der Waals surface area contributed by atoms with Crippen LogP contribution in [0.5, 0.6) is 5.75 Å². The normalized spacial score (nSPS) is 13.3. The van der Waals surface area contributed by atoms with Crippen molar-refractivity contribution < 1.29 is 32.2 Å². The van der Waals surface area contributed by atoms with Gasteiger partial charge in [-0.15, -0.1) is 0 Å². The van der Waals surface area contributed by atoms with Crippen LogP contribution >= 0.6 is 0 Å². The molecule has 0 aliphatic carbocycles. The quantitative estimate of drug-likeness (QED) is 0.869. The number of sulfone groups is 1. The lowest BCUT2D eigenvalue weighted by atomic mass is 10.00. The lowest BCUT2D eigenvalue weighted by molar-refractivity contribution is -0.138. The van der Waals surface area contributed by atoms with Gasteiger partial charge in [-0.1, -0.05) is 0 Å². The van der Waals surface area contributed by atoms with E-state index in [2.05, 4.69) is 0 Å². The molecule has 0 aromatic heterocycles. The average molecular weight is 280 g/mol. The van der Waals surface area contributed by atoms with Gasteiger partial charge in [0.2, 0.25) is 0 Å². The maximum absolute atomic E-state index is 13.6. The molecule has 0 saturated heterocycles. The fraction of sp³-hybridized carbons (Fsp3) is 0.300. The zero-order chi connectivity index (χ0) is 14.2. The summed E-state index contributed by atoms with van der Waals surface area (Å²) in [4.78, 5) is 9.41. The number of phenolic OH excluding ortho intramolecular Hbond substituents is 1. The highest BCUT2D eigenvalue weighted by Gasteiger charge is 2.28. The van der Waals surface area contributed by atoms with Gasteiger partial charge in [-0.2, -0.15) is 0 Å². The standard InChI is InChI=1S/C10H10F2O5S/c1-4(10(14)15)5-3-6(11)9(18(2,16)17)7(12)8(5)13/h3-4,13H,1-2H3,(H,14,15). The number of hydrogen-bond acceptors (Lipinski definition) is 4. The van der Waals surface area contributed by atoms with Gasteiger partial charge >= 0.3 is 5.97 Å². The molecule has 0 fully saturated rings. The third kappa shape index (κ3) is 2.42. The number of phenols is 1. The number of carboxylic acid groups (broad SMARTS) is 1. The number of aliphatic carboxylic acids is 1. The van der Waals surface area contributed by atoms with Crippen LogP contribution in [0, 0.1) is 11.6 Å².